The summed E-state index contributed by atoms with van der Waals surface area (Å²) in [6.45, 7) is 0. The molecular weight excluding hydrogens is 410 g/mol. The van der Waals surface area contributed by atoms with Crippen molar-refractivity contribution in [1.29, 1.82) is 0 Å². The Hall–Kier alpha value is -4.72. The van der Waals surface area contributed by atoms with E-state index in [1.54, 1.807) is 54.6 Å². The van der Waals surface area contributed by atoms with E-state index in [-0.39, 0.29) is 17.0 Å². The minimum atomic E-state index is -1.19. The fourth-order valence-corrected chi connectivity index (χ4v) is 3.14. The van der Waals surface area contributed by atoms with Crippen molar-refractivity contribution in [3.63, 3.8) is 0 Å². The Kier molecular flexibility index (Phi) is 5.50. The molecule has 0 aliphatic rings. The number of nitrogens with zero attached hydrogens (tertiary/aromatic N) is 1. The van der Waals surface area contributed by atoms with Crippen molar-refractivity contribution >= 4 is 39.7 Å². The number of carbonyl (C=O) groups excluding carboxylic acids is 2. The molecule has 1 heterocycles. The number of hydrogen-bond donors (Lipinski definition) is 4. The molecule has 0 unspecified atom stereocenters. The third-order valence-electron chi connectivity index (χ3n) is 4.71. The highest BCUT2D eigenvalue weighted by Gasteiger charge is 2.29. The van der Waals surface area contributed by atoms with Gasteiger partial charge in [0.1, 0.15) is 22.8 Å². The zero-order valence-electron chi connectivity index (χ0n) is 16.6. The van der Waals surface area contributed by atoms with Crippen LogP contribution < -0.4 is 10.9 Å². The number of aromatic nitrogens is 2. The first-order valence-electron chi connectivity index (χ1n) is 9.57. The van der Waals surface area contributed by atoms with Gasteiger partial charge in [0.25, 0.3) is 17.2 Å². The van der Waals surface area contributed by atoms with Crippen LogP contribution in [0.4, 0.5) is 5.69 Å². The highest BCUT2D eigenvalue weighted by Crippen LogP contribution is 2.26. The number of aromatic hydroxyl groups is 1. The number of carbonyl (C=O) groups is 2. The van der Waals surface area contributed by atoms with E-state index in [0.717, 1.165) is 0 Å². The Morgan fingerprint density at radius 1 is 0.875 bits per heavy atom. The highest BCUT2D eigenvalue weighted by molar-refractivity contribution is 6.57. The quantitative estimate of drug-likeness (QED) is 0.167. The standard InChI is InChI=1S/C24H17N3O5/c28-18-13-7-6-12-17(18)27-24(32)22(30)19(21(29)14-8-2-1-3-9-14)20-23(31)26-16-11-5-4-10-15(16)25-20/h1-13,28-29H,(H,26,31)(H,27,32)/b21-19-. The second-order valence-electron chi connectivity index (χ2n) is 6.82. The molecule has 158 valence electrons. The molecule has 8 heteroatoms. The lowest BCUT2D eigenvalue weighted by Crippen LogP contribution is -2.28. The number of Topliss-reactive ketones (excluding diaryl/α,β-unsaturated/α-hetero) is 1. The molecule has 0 bridgehead atoms. The molecule has 1 amide bonds. The molecule has 0 saturated heterocycles. The molecular formula is C24H17N3O5. The summed E-state index contributed by atoms with van der Waals surface area (Å²) in [6.07, 6.45) is 0. The molecule has 0 aliphatic carbocycles. The number of phenols is 1. The summed E-state index contributed by atoms with van der Waals surface area (Å²) in [5.74, 6) is -3.16. The summed E-state index contributed by atoms with van der Waals surface area (Å²) in [4.78, 5) is 45.5. The first-order valence-corrected chi connectivity index (χ1v) is 9.57. The molecule has 4 rings (SSSR count). The number of phenolic OH excluding ortho intramolecular Hbond substituents is 1. The Balaban J connectivity index is 1.87. The zero-order valence-corrected chi connectivity index (χ0v) is 16.6. The Labute approximate surface area is 181 Å². The van der Waals surface area contributed by atoms with Gasteiger partial charge >= 0.3 is 0 Å². The number of aliphatic hydroxyl groups is 1. The third kappa shape index (κ3) is 3.97. The van der Waals surface area contributed by atoms with E-state index >= 15 is 0 Å². The van der Waals surface area contributed by atoms with Crippen LogP contribution in [0, 0.1) is 0 Å². The Bertz CT molecular complexity index is 1420. The van der Waals surface area contributed by atoms with Crippen molar-refractivity contribution in [2.45, 2.75) is 0 Å². The van der Waals surface area contributed by atoms with E-state index in [1.807, 2.05) is 0 Å². The largest absolute Gasteiger partial charge is 0.506 e. The lowest BCUT2D eigenvalue weighted by Gasteiger charge is -2.11. The number of aliphatic hydroxyl groups excluding tert-OH is 1. The number of hydrogen-bond acceptors (Lipinski definition) is 6. The van der Waals surface area contributed by atoms with Crippen molar-refractivity contribution in [1.82, 2.24) is 9.97 Å². The number of nitrogens with one attached hydrogen (secondary N) is 2. The van der Waals surface area contributed by atoms with E-state index in [1.165, 1.54) is 24.3 Å². The molecule has 32 heavy (non-hydrogen) atoms. The highest BCUT2D eigenvalue weighted by atomic mass is 16.3. The lowest BCUT2D eigenvalue weighted by molar-refractivity contribution is -0.131. The monoisotopic (exact) mass is 427 g/mol. The molecule has 8 nitrogen and oxygen atoms in total. The van der Waals surface area contributed by atoms with Crippen molar-refractivity contribution in [3.05, 3.63) is 100 Å². The predicted molar refractivity (Wildman–Crippen MR) is 120 cm³/mol. The molecule has 0 fully saturated rings. The van der Waals surface area contributed by atoms with Crippen molar-refractivity contribution in [2.24, 2.45) is 0 Å². The van der Waals surface area contributed by atoms with Gasteiger partial charge in [-0.3, -0.25) is 14.4 Å². The maximum Gasteiger partial charge on any atom is 0.297 e. The Morgan fingerprint density at radius 2 is 1.53 bits per heavy atom. The number of anilines is 1. The fourth-order valence-electron chi connectivity index (χ4n) is 3.14. The van der Waals surface area contributed by atoms with Crippen LogP contribution in [0.5, 0.6) is 5.75 Å². The van der Waals surface area contributed by atoms with Gasteiger partial charge < -0.3 is 20.5 Å². The van der Waals surface area contributed by atoms with Crippen LogP contribution in [0.2, 0.25) is 0 Å². The number of rotatable bonds is 5. The maximum absolute atomic E-state index is 13.2. The van der Waals surface area contributed by atoms with Crippen LogP contribution >= 0.6 is 0 Å². The van der Waals surface area contributed by atoms with E-state index in [4.69, 9.17) is 0 Å². The number of aromatic amines is 1. The number of H-pyrrole nitrogens is 1. The van der Waals surface area contributed by atoms with Crippen molar-refractivity contribution in [2.75, 3.05) is 5.32 Å². The van der Waals surface area contributed by atoms with Crippen LogP contribution in [0.15, 0.2) is 83.7 Å². The zero-order chi connectivity index (χ0) is 22.7. The van der Waals surface area contributed by atoms with Crippen LogP contribution in [0.3, 0.4) is 0 Å². The van der Waals surface area contributed by atoms with Gasteiger partial charge in [-0.1, -0.05) is 54.6 Å². The first kappa shape index (κ1) is 20.5. The fraction of sp³-hybridized carbons (Fsp3) is 0. The second-order valence-corrected chi connectivity index (χ2v) is 6.82. The topological polar surface area (TPSA) is 132 Å². The minimum Gasteiger partial charge on any atom is -0.506 e. The molecule has 0 atom stereocenters. The van der Waals surface area contributed by atoms with Crippen LogP contribution in [0.1, 0.15) is 11.3 Å². The first-order chi connectivity index (χ1) is 15.5. The van der Waals surface area contributed by atoms with E-state index in [9.17, 15) is 24.6 Å². The Morgan fingerprint density at radius 3 is 2.28 bits per heavy atom. The van der Waals surface area contributed by atoms with Gasteiger partial charge in [-0.05, 0) is 24.3 Å². The maximum atomic E-state index is 13.2. The van der Waals surface area contributed by atoms with Gasteiger partial charge in [-0.2, -0.15) is 0 Å². The average molecular weight is 427 g/mol. The number of benzene rings is 3. The summed E-state index contributed by atoms with van der Waals surface area (Å²) in [6, 6.07) is 20.6. The second kappa shape index (κ2) is 8.57. The summed E-state index contributed by atoms with van der Waals surface area (Å²) in [5.41, 5.74) is -0.672. The van der Waals surface area contributed by atoms with E-state index in [2.05, 4.69) is 15.3 Å². The summed E-state index contributed by atoms with van der Waals surface area (Å²) in [5, 5.41) is 23.1. The normalized spacial score (nSPS) is 11.6. The van der Waals surface area contributed by atoms with Gasteiger partial charge in [0, 0.05) is 5.56 Å². The number of fused-ring (bicyclic) bond motifs is 1. The predicted octanol–water partition coefficient (Wildman–Crippen LogP) is 3.26. The summed E-state index contributed by atoms with van der Waals surface area (Å²) in [7, 11) is 0. The molecule has 3 aromatic carbocycles. The number of ketones is 1. The third-order valence-corrected chi connectivity index (χ3v) is 4.71. The van der Waals surface area contributed by atoms with Crippen LogP contribution in [-0.4, -0.2) is 31.9 Å². The smallest absolute Gasteiger partial charge is 0.297 e. The average Bonchev–Trinajstić information content (AvgIpc) is 2.81. The van der Waals surface area contributed by atoms with E-state index < -0.39 is 34.3 Å². The molecule has 4 aromatic rings. The van der Waals surface area contributed by atoms with Gasteiger partial charge in [-0.15, -0.1) is 0 Å². The van der Waals surface area contributed by atoms with Crippen LogP contribution in [-0.2, 0) is 9.59 Å². The van der Waals surface area contributed by atoms with Crippen LogP contribution in [0.25, 0.3) is 22.4 Å². The molecule has 0 saturated carbocycles. The SMILES string of the molecule is O=C(Nc1ccccc1O)C(=O)/C(=C(\O)c1ccccc1)c1nc2ccccc2[nH]c1=O. The van der Waals surface area contributed by atoms with Crippen molar-refractivity contribution in [3.8, 4) is 5.75 Å². The molecule has 4 N–H and O–H groups in total. The van der Waals surface area contributed by atoms with Gasteiger partial charge in [0.05, 0.1) is 16.7 Å². The van der Waals surface area contributed by atoms with Gasteiger partial charge in [0.2, 0.25) is 0 Å². The number of para-hydroxylation sites is 4. The molecule has 0 spiro atoms. The summed E-state index contributed by atoms with van der Waals surface area (Å²) < 4.78 is 0. The minimum absolute atomic E-state index is 0.00443. The van der Waals surface area contributed by atoms with Gasteiger partial charge in [-0.25, -0.2) is 4.98 Å². The van der Waals surface area contributed by atoms with Gasteiger partial charge in [0.15, 0.2) is 0 Å². The molecule has 0 aliphatic heterocycles. The number of amides is 1. The summed E-state index contributed by atoms with van der Waals surface area (Å²) >= 11 is 0. The molecule has 0 radical (unpaired) electrons. The molecule has 1 aromatic heterocycles. The lowest BCUT2D eigenvalue weighted by atomic mass is 10.0. The van der Waals surface area contributed by atoms with Crippen molar-refractivity contribution < 1.29 is 19.8 Å². The van der Waals surface area contributed by atoms with E-state index in [0.29, 0.717) is 11.0 Å².